The minimum atomic E-state index is -2.27. The zero-order valence-electron chi connectivity index (χ0n) is 13.5. The number of fused-ring (bicyclic) bond motifs is 7. The van der Waals surface area contributed by atoms with E-state index in [1.165, 1.54) is 4.57 Å². The van der Waals surface area contributed by atoms with Crippen molar-refractivity contribution in [3.8, 4) is 11.4 Å². The molecule has 0 fully saturated rings. The molecule has 4 aromatic rings. The standard InChI is InChI=1S/C15H12N5/c1-18-13-8-19-9-17-5-3-12(19)14(13)20-7-10-2-4-16-6-11(10)15(18)20/h2-6,8-9H,7H2,1H3/q+1/i1D3. The molecule has 1 aliphatic heterocycles. The molecule has 0 bridgehead atoms. The van der Waals surface area contributed by atoms with Crippen LogP contribution in [-0.2, 0) is 13.5 Å². The average molecular weight is 265 g/mol. The van der Waals surface area contributed by atoms with Crippen molar-refractivity contribution in [2.24, 2.45) is 6.98 Å². The number of hydrogen-bond acceptors (Lipinski definition) is 2. The van der Waals surface area contributed by atoms with Gasteiger partial charge in [-0.25, -0.2) is 14.1 Å². The van der Waals surface area contributed by atoms with E-state index < -0.39 is 6.98 Å². The predicted molar refractivity (Wildman–Crippen MR) is 74.2 cm³/mol. The van der Waals surface area contributed by atoms with E-state index in [2.05, 4.69) is 14.5 Å². The molecule has 0 spiro atoms. The number of imidazole rings is 1. The highest BCUT2D eigenvalue weighted by atomic mass is 15.2. The minimum Gasteiger partial charge on any atom is -0.299 e. The summed E-state index contributed by atoms with van der Waals surface area (Å²) < 4.78 is 29.3. The Balaban J connectivity index is 2.01. The lowest BCUT2D eigenvalue weighted by molar-refractivity contribution is -0.645. The van der Waals surface area contributed by atoms with Crippen LogP contribution in [0.4, 0.5) is 0 Å². The van der Waals surface area contributed by atoms with Gasteiger partial charge in [0.2, 0.25) is 5.52 Å². The largest absolute Gasteiger partial charge is 0.299 e. The van der Waals surface area contributed by atoms with Crippen LogP contribution in [0, 0.1) is 0 Å². The van der Waals surface area contributed by atoms with Crippen molar-refractivity contribution in [1.82, 2.24) is 18.9 Å². The van der Waals surface area contributed by atoms with Crippen LogP contribution in [-0.4, -0.2) is 18.9 Å². The van der Waals surface area contributed by atoms with Crippen molar-refractivity contribution in [3.63, 3.8) is 0 Å². The molecule has 96 valence electrons. The summed E-state index contributed by atoms with van der Waals surface area (Å²) >= 11 is 0. The first-order valence-corrected chi connectivity index (χ1v) is 6.38. The zero-order valence-corrected chi connectivity index (χ0v) is 10.5. The highest BCUT2D eigenvalue weighted by Crippen LogP contribution is 2.31. The zero-order chi connectivity index (χ0) is 15.8. The molecule has 0 aromatic carbocycles. The maximum absolute atomic E-state index is 7.99. The number of pyridine rings is 1. The first-order valence-electron chi connectivity index (χ1n) is 7.88. The van der Waals surface area contributed by atoms with Crippen molar-refractivity contribution in [3.05, 3.63) is 48.8 Å². The summed E-state index contributed by atoms with van der Waals surface area (Å²) in [6.07, 6.45) is 8.72. The minimum absolute atomic E-state index is 0.648. The van der Waals surface area contributed by atoms with E-state index in [0.29, 0.717) is 17.9 Å². The quantitative estimate of drug-likeness (QED) is 0.398. The summed E-state index contributed by atoms with van der Waals surface area (Å²) in [5, 5.41) is 0. The van der Waals surface area contributed by atoms with E-state index in [4.69, 9.17) is 4.11 Å². The summed E-state index contributed by atoms with van der Waals surface area (Å²) in [7, 11) is 0. The van der Waals surface area contributed by atoms with Gasteiger partial charge in [-0.2, -0.15) is 0 Å². The molecule has 20 heavy (non-hydrogen) atoms. The number of aryl methyl sites for hydroxylation is 1. The molecule has 0 radical (unpaired) electrons. The van der Waals surface area contributed by atoms with Crippen LogP contribution in [0.2, 0.25) is 0 Å². The molecule has 0 aliphatic carbocycles. The van der Waals surface area contributed by atoms with Gasteiger partial charge in [-0.3, -0.25) is 9.38 Å². The van der Waals surface area contributed by atoms with Crippen LogP contribution in [0.3, 0.4) is 0 Å². The molecule has 5 heteroatoms. The van der Waals surface area contributed by atoms with E-state index in [-0.39, 0.29) is 0 Å². The van der Waals surface area contributed by atoms with E-state index >= 15 is 0 Å². The van der Waals surface area contributed by atoms with Gasteiger partial charge in [-0.15, -0.1) is 0 Å². The average Bonchev–Trinajstić information content (AvgIpc) is 3.12. The Morgan fingerprint density at radius 3 is 3.15 bits per heavy atom. The molecule has 5 heterocycles. The summed E-state index contributed by atoms with van der Waals surface area (Å²) in [5.41, 5.74) is 4.51. The molecule has 0 atom stereocenters. The third-order valence-corrected chi connectivity index (χ3v) is 3.99. The summed E-state index contributed by atoms with van der Waals surface area (Å²) in [5.74, 6) is 0.692. The second-order valence-corrected chi connectivity index (χ2v) is 5.01. The van der Waals surface area contributed by atoms with Gasteiger partial charge < -0.3 is 0 Å². The second kappa shape index (κ2) is 3.25. The van der Waals surface area contributed by atoms with Gasteiger partial charge in [-0.1, -0.05) is 0 Å². The molecular formula is C15H12N5+. The Hall–Kier alpha value is -2.69. The number of hydrogen-bond donors (Lipinski definition) is 0. The summed E-state index contributed by atoms with van der Waals surface area (Å²) in [4.78, 5) is 8.28. The number of rotatable bonds is 0. The molecule has 1 aliphatic rings. The van der Waals surface area contributed by atoms with Crippen molar-refractivity contribution >= 4 is 16.6 Å². The van der Waals surface area contributed by atoms with E-state index in [0.717, 1.165) is 22.2 Å². The first kappa shape index (κ1) is 7.79. The summed E-state index contributed by atoms with van der Waals surface area (Å²) in [6, 6.07) is 3.85. The van der Waals surface area contributed by atoms with Crippen LogP contribution in [0.15, 0.2) is 43.2 Å². The normalized spacial score (nSPS) is 15.9. The Morgan fingerprint density at radius 2 is 2.20 bits per heavy atom. The molecule has 5 rings (SSSR count). The molecule has 4 aromatic heterocycles. The summed E-state index contributed by atoms with van der Waals surface area (Å²) in [6.45, 7) is -1.62. The molecule has 0 unspecified atom stereocenters. The fraction of sp³-hybridized carbons (Fsp3) is 0.133. The number of nitrogens with zero attached hydrogens (tertiary/aromatic N) is 5. The molecule has 0 amide bonds. The van der Waals surface area contributed by atoms with Crippen molar-refractivity contribution in [1.29, 1.82) is 0 Å². The van der Waals surface area contributed by atoms with Crippen LogP contribution in [0.5, 0.6) is 0 Å². The van der Waals surface area contributed by atoms with Crippen molar-refractivity contribution in [2.75, 3.05) is 0 Å². The molecule has 5 nitrogen and oxygen atoms in total. The van der Waals surface area contributed by atoms with Crippen LogP contribution < -0.4 is 4.57 Å². The monoisotopic (exact) mass is 265 g/mol. The van der Waals surface area contributed by atoms with Gasteiger partial charge in [-0.05, 0) is 12.1 Å². The maximum atomic E-state index is 7.99. The number of aromatic nitrogens is 5. The lowest BCUT2D eigenvalue weighted by Crippen LogP contribution is -2.31. The maximum Gasteiger partial charge on any atom is 0.292 e. The fourth-order valence-electron chi connectivity index (χ4n) is 3.13. The Morgan fingerprint density at radius 1 is 1.25 bits per heavy atom. The van der Waals surface area contributed by atoms with Gasteiger partial charge in [0.15, 0.2) is 5.52 Å². The highest BCUT2D eigenvalue weighted by Gasteiger charge is 2.34. The van der Waals surface area contributed by atoms with E-state index in [1.807, 2.05) is 22.7 Å². The van der Waals surface area contributed by atoms with Crippen LogP contribution in [0.1, 0.15) is 9.68 Å². The predicted octanol–water partition coefficient (Wildman–Crippen LogP) is 1.54. The fourth-order valence-corrected chi connectivity index (χ4v) is 3.13. The van der Waals surface area contributed by atoms with Crippen LogP contribution in [0.25, 0.3) is 27.9 Å². The Bertz CT molecular complexity index is 1090. The lowest BCUT2D eigenvalue weighted by Gasteiger charge is -1.94. The molecule has 0 N–H and O–H groups in total. The second-order valence-electron chi connectivity index (χ2n) is 5.01. The smallest absolute Gasteiger partial charge is 0.292 e. The van der Waals surface area contributed by atoms with E-state index in [1.54, 1.807) is 24.9 Å². The third kappa shape index (κ3) is 1.02. The van der Waals surface area contributed by atoms with Gasteiger partial charge >= 0.3 is 0 Å². The van der Waals surface area contributed by atoms with Gasteiger partial charge in [0.25, 0.3) is 5.82 Å². The molecular weight excluding hydrogens is 250 g/mol. The van der Waals surface area contributed by atoms with E-state index in [9.17, 15) is 0 Å². The Kier molecular flexibility index (Phi) is 1.27. The third-order valence-electron chi connectivity index (χ3n) is 3.99. The molecule has 0 saturated heterocycles. The SMILES string of the molecule is [2H]C([2H])([2H])n1c2[n+](c3c1cn1cnccc31)Cc1ccncc1-2. The van der Waals surface area contributed by atoms with Gasteiger partial charge in [0.05, 0.1) is 34.7 Å². The highest BCUT2D eigenvalue weighted by molar-refractivity contribution is 5.91. The van der Waals surface area contributed by atoms with Gasteiger partial charge in [0, 0.05) is 24.2 Å². The Labute approximate surface area is 119 Å². The lowest BCUT2D eigenvalue weighted by atomic mass is 10.2. The topological polar surface area (TPSA) is 39.0 Å². The molecule has 0 saturated carbocycles. The first-order chi connectivity index (χ1) is 11.1. The van der Waals surface area contributed by atoms with Gasteiger partial charge in [0.1, 0.15) is 6.54 Å². The van der Waals surface area contributed by atoms with Crippen molar-refractivity contribution < 1.29 is 8.68 Å². The van der Waals surface area contributed by atoms with Crippen molar-refractivity contribution in [2.45, 2.75) is 6.54 Å². The van der Waals surface area contributed by atoms with Crippen LogP contribution >= 0.6 is 0 Å².